The maximum atomic E-state index is 12.3. The van der Waals surface area contributed by atoms with Crippen molar-refractivity contribution in [3.8, 4) is 0 Å². The molecule has 0 radical (unpaired) electrons. The Morgan fingerprint density at radius 3 is 1.95 bits per heavy atom. The van der Waals surface area contributed by atoms with E-state index in [0.717, 1.165) is 6.42 Å². The summed E-state index contributed by atoms with van der Waals surface area (Å²) in [5.41, 5.74) is -0.681. The topological polar surface area (TPSA) is 26.3 Å². The summed E-state index contributed by atoms with van der Waals surface area (Å²) in [6.07, 6.45) is 9.83. The Labute approximate surface area is 119 Å². The molecule has 0 spiro atoms. The van der Waals surface area contributed by atoms with E-state index in [2.05, 4.69) is 13.8 Å². The van der Waals surface area contributed by atoms with Crippen LogP contribution in [-0.4, -0.2) is 11.6 Å². The van der Waals surface area contributed by atoms with E-state index >= 15 is 0 Å². The molecule has 2 heteroatoms. The Bertz CT molecular complexity index is 284. The second-order valence-electron chi connectivity index (χ2n) is 7.27. The first kappa shape index (κ1) is 16.5. The molecular formula is C17H32O2. The molecule has 1 aliphatic rings. The van der Waals surface area contributed by atoms with Gasteiger partial charge < -0.3 is 4.74 Å². The van der Waals surface area contributed by atoms with Crippen molar-refractivity contribution < 1.29 is 9.53 Å². The van der Waals surface area contributed by atoms with Gasteiger partial charge in [-0.3, -0.25) is 4.79 Å². The van der Waals surface area contributed by atoms with Crippen molar-refractivity contribution in [2.45, 2.75) is 91.6 Å². The van der Waals surface area contributed by atoms with Gasteiger partial charge in [-0.05, 0) is 52.9 Å². The van der Waals surface area contributed by atoms with Gasteiger partial charge >= 0.3 is 5.97 Å². The number of hydrogen-bond donors (Lipinski definition) is 0. The average molecular weight is 268 g/mol. The molecule has 19 heavy (non-hydrogen) atoms. The molecule has 0 heterocycles. The fourth-order valence-corrected chi connectivity index (χ4v) is 2.76. The zero-order valence-electron chi connectivity index (χ0n) is 13.6. The first-order chi connectivity index (χ1) is 8.79. The number of rotatable bonds is 4. The maximum absolute atomic E-state index is 12.3. The maximum Gasteiger partial charge on any atom is 0.312 e. The summed E-state index contributed by atoms with van der Waals surface area (Å²) in [7, 11) is 0. The molecule has 0 N–H and O–H groups in total. The number of hydrogen-bond acceptors (Lipinski definition) is 2. The molecule has 1 saturated carbocycles. The average Bonchev–Trinajstić information content (AvgIpc) is 2.27. The summed E-state index contributed by atoms with van der Waals surface area (Å²) in [5, 5.41) is 0. The molecule has 0 amide bonds. The van der Waals surface area contributed by atoms with Crippen LogP contribution in [0.1, 0.15) is 86.0 Å². The standard InChI is InChI=1S/C17H32O2/c1-6-16(2,3)15(18)19-17(4,5)14-12-10-8-7-9-11-13-14/h14H,6-13H2,1-5H3. The molecule has 0 aromatic rings. The Balaban J connectivity index is 2.64. The van der Waals surface area contributed by atoms with Crippen molar-refractivity contribution in [2.75, 3.05) is 0 Å². The molecule has 0 aromatic carbocycles. The largest absolute Gasteiger partial charge is 0.459 e. The molecule has 2 nitrogen and oxygen atoms in total. The monoisotopic (exact) mass is 268 g/mol. The van der Waals surface area contributed by atoms with Gasteiger partial charge in [0.1, 0.15) is 5.60 Å². The Morgan fingerprint density at radius 2 is 1.47 bits per heavy atom. The predicted octanol–water partition coefficient (Wildman–Crippen LogP) is 5.10. The first-order valence-electron chi connectivity index (χ1n) is 8.03. The highest BCUT2D eigenvalue weighted by atomic mass is 16.6. The Kier molecular flexibility index (Phi) is 5.88. The lowest BCUT2D eigenvalue weighted by Gasteiger charge is -2.37. The van der Waals surface area contributed by atoms with Crippen LogP contribution in [0.4, 0.5) is 0 Å². The summed E-state index contributed by atoms with van der Waals surface area (Å²) in [6, 6.07) is 0. The van der Waals surface area contributed by atoms with Crippen LogP contribution in [-0.2, 0) is 9.53 Å². The number of ether oxygens (including phenoxy) is 1. The molecule has 0 saturated heterocycles. The SMILES string of the molecule is CCC(C)(C)C(=O)OC(C)(C)C1CCCCCCC1. The molecule has 0 aromatic heterocycles. The van der Waals surface area contributed by atoms with E-state index < -0.39 is 0 Å². The minimum atomic E-state index is -0.362. The van der Waals surface area contributed by atoms with Crippen molar-refractivity contribution in [1.82, 2.24) is 0 Å². The number of carbonyl (C=O) groups is 1. The fourth-order valence-electron chi connectivity index (χ4n) is 2.76. The lowest BCUT2D eigenvalue weighted by atomic mass is 9.80. The van der Waals surface area contributed by atoms with Crippen molar-refractivity contribution >= 4 is 5.97 Å². The molecule has 0 bridgehead atoms. The van der Waals surface area contributed by atoms with E-state index in [1.807, 2.05) is 20.8 Å². The van der Waals surface area contributed by atoms with Gasteiger partial charge in [0, 0.05) is 0 Å². The molecule has 1 fully saturated rings. The van der Waals surface area contributed by atoms with E-state index in [1.54, 1.807) is 0 Å². The summed E-state index contributed by atoms with van der Waals surface area (Å²) in [6.45, 7) is 10.2. The van der Waals surface area contributed by atoms with Crippen molar-refractivity contribution in [3.63, 3.8) is 0 Å². The summed E-state index contributed by atoms with van der Waals surface area (Å²) < 4.78 is 5.89. The normalized spacial score (nSPS) is 19.6. The predicted molar refractivity (Wildman–Crippen MR) is 80.1 cm³/mol. The third-order valence-electron chi connectivity index (χ3n) is 4.88. The van der Waals surface area contributed by atoms with Crippen molar-refractivity contribution in [1.29, 1.82) is 0 Å². The molecule has 1 aliphatic carbocycles. The lowest BCUT2D eigenvalue weighted by molar-refractivity contribution is -0.173. The Morgan fingerprint density at radius 1 is 1.00 bits per heavy atom. The molecular weight excluding hydrogens is 236 g/mol. The summed E-state index contributed by atoms with van der Waals surface area (Å²) in [5.74, 6) is 0.478. The van der Waals surface area contributed by atoms with Gasteiger partial charge in [0.2, 0.25) is 0 Å². The van der Waals surface area contributed by atoms with Crippen LogP contribution in [0.5, 0.6) is 0 Å². The minimum Gasteiger partial charge on any atom is -0.459 e. The van der Waals surface area contributed by atoms with Gasteiger partial charge in [0.25, 0.3) is 0 Å². The van der Waals surface area contributed by atoms with Gasteiger partial charge in [-0.15, -0.1) is 0 Å². The summed E-state index contributed by atoms with van der Waals surface area (Å²) in [4.78, 5) is 12.3. The molecule has 0 unspecified atom stereocenters. The van der Waals surface area contributed by atoms with Gasteiger partial charge in [0.15, 0.2) is 0 Å². The van der Waals surface area contributed by atoms with Gasteiger partial charge in [-0.1, -0.05) is 39.0 Å². The minimum absolute atomic E-state index is 0.0398. The third-order valence-corrected chi connectivity index (χ3v) is 4.88. The smallest absolute Gasteiger partial charge is 0.312 e. The second-order valence-corrected chi connectivity index (χ2v) is 7.27. The van der Waals surface area contributed by atoms with Gasteiger partial charge in [-0.2, -0.15) is 0 Å². The van der Waals surface area contributed by atoms with Crippen LogP contribution in [0.15, 0.2) is 0 Å². The highest BCUT2D eigenvalue weighted by Crippen LogP contribution is 2.35. The van der Waals surface area contributed by atoms with Crippen LogP contribution in [0, 0.1) is 11.3 Å². The van der Waals surface area contributed by atoms with Crippen molar-refractivity contribution in [2.24, 2.45) is 11.3 Å². The lowest BCUT2D eigenvalue weighted by Crippen LogP contribution is -2.41. The van der Waals surface area contributed by atoms with Crippen LogP contribution in [0.3, 0.4) is 0 Å². The van der Waals surface area contributed by atoms with E-state index in [1.165, 1.54) is 44.9 Å². The molecule has 0 atom stereocenters. The quantitative estimate of drug-likeness (QED) is 0.663. The summed E-state index contributed by atoms with van der Waals surface area (Å²) >= 11 is 0. The second kappa shape index (κ2) is 6.76. The molecule has 0 aliphatic heterocycles. The van der Waals surface area contributed by atoms with Gasteiger partial charge in [-0.25, -0.2) is 0 Å². The first-order valence-corrected chi connectivity index (χ1v) is 8.03. The van der Waals surface area contributed by atoms with Crippen molar-refractivity contribution in [3.05, 3.63) is 0 Å². The van der Waals surface area contributed by atoms with E-state index in [9.17, 15) is 4.79 Å². The van der Waals surface area contributed by atoms with E-state index in [-0.39, 0.29) is 17.0 Å². The Hall–Kier alpha value is -0.530. The molecule has 112 valence electrons. The molecule has 1 rings (SSSR count). The van der Waals surface area contributed by atoms with Crippen LogP contribution < -0.4 is 0 Å². The highest BCUT2D eigenvalue weighted by molar-refractivity contribution is 5.76. The third kappa shape index (κ3) is 4.81. The van der Waals surface area contributed by atoms with E-state index in [4.69, 9.17) is 4.74 Å². The zero-order chi connectivity index (χ0) is 14.5. The van der Waals surface area contributed by atoms with Crippen LogP contribution >= 0.6 is 0 Å². The highest BCUT2D eigenvalue weighted by Gasteiger charge is 2.37. The van der Waals surface area contributed by atoms with Crippen LogP contribution in [0.2, 0.25) is 0 Å². The van der Waals surface area contributed by atoms with E-state index in [0.29, 0.717) is 5.92 Å². The fraction of sp³-hybridized carbons (Fsp3) is 0.941. The number of carbonyl (C=O) groups excluding carboxylic acids is 1. The van der Waals surface area contributed by atoms with Gasteiger partial charge in [0.05, 0.1) is 5.41 Å². The number of esters is 1. The van der Waals surface area contributed by atoms with Crippen LogP contribution in [0.25, 0.3) is 0 Å². The zero-order valence-corrected chi connectivity index (χ0v) is 13.6.